The minimum Gasteiger partial charge on any atom is -0.258 e. The lowest BCUT2D eigenvalue weighted by Gasteiger charge is -2.10. The van der Waals surface area contributed by atoms with Crippen LogP contribution in [0.15, 0.2) is 28.9 Å². The van der Waals surface area contributed by atoms with E-state index in [9.17, 15) is 10.1 Å². The minimum atomic E-state index is -0.401. The van der Waals surface area contributed by atoms with Crippen LogP contribution < -0.4 is 0 Å². The van der Waals surface area contributed by atoms with Gasteiger partial charge in [-0.05, 0) is 31.0 Å². The standard InChI is InChI=1S/C13H12BrClN2O2/c1-2-9(15)6-11-10-5-8(14)3-4-12(10)16-7-13(11)17(18)19/h3-5,7,9H,2,6H2,1H3. The molecule has 0 amide bonds. The van der Waals surface area contributed by atoms with Crippen LogP contribution in [0.25, 0.3) is 10.9 Å². The summed E-state index contributed by atoms with van der Waals surface area (Å²) >= 11 is 9.54. The Bertz CT molecular complexity index is 633. The van der Waals surface area contributed by atoms with Gasteiger partial charge in [0.1, 0.15) is 6.20 Å². The molecule has 0 spiro atoms. The van der Waals surface area contributed by atoms with E-state index >= 15 is 0 Å². The quantitative estimate of drug-likeness (QED) is 0.467. The lowest BCUT2D eigenvalue weighted by Crippen LogP contribution is -2.06. The van der Waals surface area contributed by atoms with Crippen LogP contribution in [0.4, 0.5) is 5.69 Å². The molecular formula is C13H12BrClN2O2. The van der Waals surface area contributed by atoms with E-state index in [-0.39, 0.29) is 11.1 Å². The number of fused-ring (bicyclic) bond motifs is 1. The van der Waals surface area contributed by atoms with Gasteiger partial charge >= 0.3 is 0 Å². The Hall–Kier alpha value is -1.20. The van der Waals surface area contributed by atoms with Gasteiger partial charge in [-0.3, -0.25) is 10.1 Å². The number of alkyl halides is 1. The number of hydrogen-bond donors (Lipinski definition) is 0. The molecule has 0 saturated carbocycles. The van der Waals surface area contributed by atoms with Gasteiger partial charge in [0, 0.05) is 20.8 Å². The third-order valence-electron chi connectivity index (χ3n) is 2.98. The van der Waals surface area contributed by atoms with Crippen LogP contribution in [0.5, 0.6) is 0 Å². The molecule has 1 aromatic carbocycles. The Balaban J connectivity index is 2.67. The third kappa shape index (κ3) is 3.04. The lowest BCUT2D eigenvalue weighted by molar-refractivity contribution is -0.385. The van der Waals surface area contributed by atoms with Crippen LogP contribution in [0, 0.1) is 10.1 Å². The molecule has 2 rings (SSSR count). The molecule has 1 heterocycles. The molecule has 6 heteroatoms. The van der Waals surface area contributed by atoms with Gasteiger partial charge in [-0.2, -0.15) is 0 Å². The van der Waals surface area contributed by atoms with E-state index in [0.717, 1.165) is 21.8 Å². The fourth-order valence-electron chi connectivity index (χ4n) is 1.95. The molecule has 0 radical (unpaired) electrons. The van der Waals surface area contributed by atoms with E-state index in [1.807, 2.05) is 25.1 Å². The summed E-state index contributed by atoms with van der Waals surface area (Å²) in [5.74, 6) is 0. The monoisotopic (exact) mass is 342 g/mol. The summed E-state index contributed by atoms with van der Waals surface area (Å²) in [6, 6.07) is 5.55. The van der Waals surface area contributed by atoms with Gasteiger partial charge in [0.05, 0.1) is 10.4 Å². The maximum atomic E-state index is 11.1. The van der Waals surface area contributed by atoms with Crippen molar-refractivity contribution in [3.8, 4) is 0 Å². The maximum absolute atomic E-state index is 11.1. The largest absolute Gasteiger partial charge is 0.291 e. The highest BCUT2D eigenvalue weighted by Gasteiger charge is 2.20. The number of nitrogens with zero attached hydrogens (tertiary/aromatic N) is 2. The molecule has 0 aliphatic heterocycles. The van der Waals surface area contributed by atoms with Crippen molar-refractivity contribution in [2.75, 3.05) is 0 Å². The van der Waals surface area contributed by atoms with Crippen molar-refractivity contribution in [3.05, 3.63) is 44.5 Å². The third-order valence-corrected chi connectivity index (χ3v) is 3.94. The Kier molecular flexibility index (Phi) is 4.37. The summed E-state index contributed by atoms with van der Waals surface area (Å²) in [4.78, 5) is 14.9. The van der Waals surface area contributed by atoms with Crippen LogP contribution in [-0.4, -0.2) is 15.3 Å². The van der Waals surface area contributed by atoms with Crippen molar-refractivity contribution in [2.24, 2.45) is 0 Å². The zero-order valence-electron chi connectivity index (χ0n) is 10.3. The molecule has 0 fully saturated rings. The maximum Gasteiger partial charge on any atom is 0.291 e. The van der Waals surface area contributed by atoms with Gasteiger partial charge in [-0.25, -0.2) is 4.98 Å². The van der Waals surface area contributed by atoms with Crippen LogP contribution in [0.1, 0.15) is 18.9 Å². The fourth-order valence-corrected chi connectivity index (χ4v) is 2.46. The summed E-state index contributed by atoms with van der Waals surface area (Å²) in [6.45, 7) is 1.96. The van der Waals surface area contributed by atoms with E-state index in [4.69, 9.17) is 11.6 Å². The van der Waals surface area contributed by atoms with E-state index in [1.165, 1.54) is 6.20 Å². The molecule has 1 aromatic heterocycles. The van der Waals surface area contributed by atoms with Crippen molar-refractivity contribution in [3.63, 3.8) is 0 Å². The fraction of sp³-hybridized carbons (Fsp3) is 0.308. The summed E-state index contributed by atoms with van der Waals surface area (Å²) < 4.78 is 0.867. The zero-order chi connectivity index (χ0) is 14.0. The highest BCUT2D eigenvalue weighted by atomic mass is 79.9. The number of halogens is 2. The smallest absolute Gasteiger partial charge is 0.258 e. The first kappa shape index (κ1) is 14.2. The van der Waals surface area contributed by atoms with Crippen LogP contribution in [-0.2, 0) is 6.42 Å². The van der Waals surface area contributed by atoms with E-state index in [2.05, 4.69) is 20.9 Å². The summed E-state index contributed by atoms with van der Waals surface area (Å²) in [5.41, 5.74) is 1.42. The van der Waals surface area contributed by atoms with E-state index in [1.54, 1.807) is 0 Å². The van der Waals surface area contributed by atoms with Crippen molar-refractivity contribution >= 4 is 44.1 Å². The molecule has 0 N–H and O–H groups in total. The second-order valence-electron chi connectivity index (χ2n) is 4.25. The van der Waals surface area contributed by atoms with Gasteiger partial charge in [0.25, 0.3) is 5.69 Å². The second kappa shape index (κ2) is 5.84. The van der Waals surface area contributed by atoms with Crippen molar-refractivity contribution in [2.45, 2.75) is 25.1 Å². The Labute approximate surface area is 124 Å². The Morgan fingerprint density at radius 3 is 2.89 bits per heavy atom. The van der Waals surface area contributed by atoms with Crippen LogP contribution >= 0.6 is 27.5 Å². The molecule has 19 heavy (non-hydrogen) atoms. The number of aromatic nitrogens is 1. The number of hydrogen-bond acceptors (Lipinski definition) is 3. The molecule has 2 aromatic rings. The molecular weight excluding hydrogens is 332 g/mol. The number of nitro groups is 1. The van der Waals surface area contributed by atoms with E-state index < -0.39 is 4.92 Å². The van der Waals surface area contributed by atoms with Crippen molar-refractivity contribution < 1.29 is 4.92 Å². The molecule has 0 aliphatic carbocycles. The summed E-state index contributed by atoms with van der Waals surface area (Å²) in [6.07, 6.45) is 2.53. The summed E-state index contributed by atoms with van der Waals surface area (Å²) in [5, 5.41) is 11.8. The van der Waals surface area contributed by atoms with E-state index in [0.29, 0.717) is 12.0 Å². The predicted octanol–water partition coefficient (Wildman–Crippen LogP) is 4.47. The van der Waals surface area contributed by atoms with Crippen LogP contribution in [0.3, 0.4) is 0 Å². The van der Waals surface area contributed by atoms with Gasteiger partial charge in [-0.15, -0.1) is 11.6 Å². The normalized spacial score (nSPS) is 12.6. The van der Waals surface area contributed by atoms with Gasteiger partial charge in [0.2, 0.25) is 0 Å². The molecule has 0 saturated heterocycles. The highest BCUT2D eigenvalue weighted by molar-refractivity contribution is 9.10. The Morgan fingerprint density at radius 1 is 1.53 bits per heavy atom. The van der Waals surface area contributed by atoms with Gasteiger partial charge in [-0.1, -0.05) is 22.9 Å². The first-order valence-corrected chi connectivity index (χ1v) is 7.11. The van der Waals surface area contributed by atoms with Crippen LogP contribution in [0.2, 0.25) is 0 Å². The summed E-state index contributed by atoms with van der Waals surface area (Å²) in [7, 11) is 0. The Morgan fingerprint density at radius 2 is 2.26 bits per heavy atom. The molecule has 0 bridgehead atoms. The topological polar surface area (TPSA) is 56.0 Å². The molecule has 1 atom stereocenters. The molecule has 0 aliphatic rings. The highest BCUT2D eigenvalue weighted by Crippen LogP contribution is 2.30. The number of rotatable bonds is 4. The number of benzene rings is 1. The van der Waals surface area contributed by atoms with Gasteiger partial charge in [0.15, 0.2) is 0 Å². The van der Waals surface area contributed by atoms with Gasteiger partial charge < -0.3 is 0 Å². The van der Waals surface area contributed by atoms with Crippen molar-refractivity contribution in [1.29, 1.82) is 0 Å². The average molecular weight is 344 g/mol. The molecule has 100 valence electrons. The lowest BCUT2D eigenvalue weighted by atomic mass is 10.0. The molecule has 4 nitrogen and oxygen atoms in total. The minimum absolute atomic E-state index is 0.0321. The first-order chi connectivity index (χ1) is 9.02. The molecule has 1 unspecified atom stereocenters. The predicted molar refractivity (Wildman–Crippen MR) is 79.7 cm³/mol. The average Bonchev–Trinajstić information content (AvgIpc) is 2.38. The van der Waals surface area contributed by atoms with Crippen molar-refractivity contribution in [1.82, 2.24) is 4.98 Å². The first-order valence-electron chi connectivity index (χ1n) is 5.88. The zero-order valence-corrected chi connectivity index (χ0v) is 12.6. The SMILES string of the molecule is CCC(Cl)Cc1c([N+](=O)[O-])cnc2ccc(Br)cc12. The second-order valence-corrected chi connectivity index (χ2v) is 5.78. The number of pyridine rings is 1.